The first-order chi connectivity index (χ1) is 27.7. The van der Waals surface area contributed by atoms with E-state index < -0.39 is 0 Å². The normalized spacial score (nSPS) is 11.6. The summed E-state index contributed by atoms with van der Waals surface area (Å²) in [5, 5.41) is 4.41. The van der Waals surface area contributed by atoms with Gasteiger partial charge in [-0.25, -0.2) is 15.0 Å². The van der Waals surface area contributed by atoms with Crippen LogP contribution in [0.25, 0.3) is 106 Å². The molecule has 0 spiro atoms. The van der Waals surface area contributed by atoms with Gasteiger partial charge >= 0.3 is 0 Å². The van der Waals surface area contributed by atoms with Crippen molar-refractivity contribution in [3.05, 3.63) is 194 Å². The van der Waals surface area contributed by atoms with Crippen molar-refractivity contribution >= 4 is 43.7 Å². The number of fused-ring (bicyclic) bond motifs is 6. The van der Waals surface area contributed by atoms with Gasteiger partial charge in [0, 0.05) is 50.0 Å². The average molecular weight is 717 g/mol. The Balaban J connectivity index is 1.06. The van der Waals surface area contributed by atoms with Crippen LogP contribution in [-0.4, -0.2) is 19.5 Å². The number of rotatable bonds is 6. The monoisotopic (exact) mass is 716 g/mol. The largest absolute Gasteiger partial charge is 0.456 e. The number of furan rings is 1. The van der Waals surface area contributed by atoms with Gasteiger partial charge in [0.05, 0.1) is 11.0 Å². The molecule has 3 aromatic heterocycles. The smallest absolute Gasteiger partial charge is 0.164 e. The molecule has 56 heavy (non-hydrogen) atoms. The molecule has 0 amide bonds. The Bertz CT molecular complexity index is 3220. The van der Waals surface area contributed by atoms with Crippen LogP contribution < -0.4 is 0 Å². The SMILES string of the molecule is c1ccc(-c2ccc(-c3nc(-c4ccccc4)nc(-c4ccc5oc6cc7c(cc6c5c4)c4ccccc4n7-c4cccc(-c5ccccc5)c4)n3)cc2)cc1. The van der Waals surface area contributed by atoms with Crippen LogP contribution in [0.5, 0.6) is 0 Å². The van der Waals surface area contributed by atoms with Gasteiger partial charge < -0.3 is 8.98 Å². The molecule has 0 saturated heterocycles. The minimum atomic E-state index is 0.605. The van der Waals surface area contributed by atoms with Crippen molar-refractivity contribution in [3.8, 4) is 62.1 Å². The van der Waals surface area contributed by atoms with Gasteiger partial charge in [0.25, 0.3) is 0 Å². The summed E-state index contributed by atoms with van der Waals surface area (Å²) in [7, 11) is 0. The number of aromatic nitrogens is 4. The van der Waals surface area contributed by atoms with Gasteiger partial charge in [-0.2, -0.15) is 0 Å². The standard InChI is InChI=1S/C51H32N4O/c1-4-13-33(14-5-1)35-23-25-37(26-24-35)50-52-49(36-17-8-3-9-18-36)53-51(54-50)39-27-28-47-43(30-39)44-31-42-41-21-10-11-22-45(41)55(46(42)32-48(44)56-47)40-20-12-19-38(29-40)34-15-6-2-7-16-34/h1-32H. The Morgan fingerprint density at radius 3 is 1.54 bits per heavy atom. The molecule has 0 fully saturated rings. The molecule has 5 heteroatoms. The van der Waals surface area contributed by atoms with E-state index in [1.807, 2.05) is 48.5 Å². The first kappa shape index (κ1) is 31.9. The highest BCUT2D eigenvalue weighted by atomic mass is 16.3. The number of hydrogen-bond donors (Lipinski definition) is 0. The Morgan fingerprint density at radius 1 is 0.304 bits per heavy atom. The molecule has 8 aromatic carbocycles. The van der Waals surface area contributed by atoms with E-state index in [4.69, 9.17) is 19.4 Å². The van der Waals surface area contributed by atoms with E-state index in [1.165, 1.54) is 27.5 Å². The first-order valence-electron chi connectivity index (χ1n) is 18.8. The predicted molar refractivity (Wildman–Crippen MR) is 229 cm³/mol. The quantitative estimate of drug-likeness (QED) is 0.172. The number of hydrogen-bond acceptors (Lipinski definition) is 4. The van der Waals surface area contributed by atoms with Gasteiger partial charge in [0.1, 0.15) is 11.2 Å². The Labute approximate surface area is 322 Å². The molecule has 3 heterocycles. The van der Waals surface area contributed by atoms with Crippen LogP contribution in [-0.2, 0) is 0 Å². The molecule has 0 bridgehead atoms. The van der Waals surface area contributed by atoms with Crippen LogP contribution in [0, 0.1) is 0 Å². The Morgan fingerprint density at radius 2 is 0.821 bits per heavy atom. The van der Waals surface area contributed by atoms with Gasteiger partial charge in [0.15, 0.2) is 17.5 Å². The third-order valence-electron chi connectivity index (χ3n) is 10.7. The maximum Gasteiger partial charge on any atom is 0.164 e. The number of benzene rings is 8. The summed E-state index contributed by atoms with van der Waals surface area (Å²) < 4.78 is 8.94. The van der Waals surface area contributed by atoms with Crippen molar-refractivity contribution < 1.29 is 4.42 Å². The van der Waals surface area contributed by atoms with Crippen LogP contribution in [0.15, 0.2) is 199 Å². The summed E-state index contributed by atoms with van der Waals surface area (Å²) >= 11 is 0. The fraction of sp³-hybridized carbons (Fsp3) is 0. The van der Waals surface area contributed by atoms with Crippen LogP contribution in [0.1, 0.15) is 0 Å². The predicted octanol–water partition coefficient (Wildman–Crippen LogP) is 13.2. The molecule has 0 atom stereocenters. The number of nitrogens with zero attached hydrogens (tertiary/aromatic N) is 4. The van der Waals surface area contributed by atoms with Crippen molar-refractivity contribution in [2.75, 3.05) is 0 Å². The third kappa shape index (κ3) is 5.45. The molecular weight excluding hydrogens is 685 g/mol. The van der Waals surface area contributed by atoms with E-state index in [0.29, 0.717) is 17.5 Å². The molecule has 0 N–H and O–H groups in total. The topological polar surface area (TPSA) is 56.7 Å². The average Bonchev–Trinajstić information content (AvgIpc) is 3.80. The second kappa shape index (κ2) is 13.0. The molecule has 0 aliphatic heterocycles. The second-order valence-electron chi connectivity index (χ2n) is 14.1. The van der Waals surface area contributed by atoms with Crippen LogP contribution in [0.2, 0.25) is 0 Å². The van der Waals surface area contributed by atoms with E-state index in [2.05, 4.69) is 150 Å². The van der Waals surface area contributed by atoms with Crippen LogP contribution in [0.3, 0.4) is 0 Å². The molecule has 0 aliphatic rings. The van der Waals surface area contributed by atoms with E-state index in [0.717, 1.165) is 60.9 Å². The summed E-state index contributed by atoms with van der Waals surface area (Å²) in [5.74, 6) is 1.85. The molecule has 0 aliphatic carbocycles. The number of para-hydroxylation sites is 1. The van der Waals surface area contributed by atoms with Gasteiger partial charge in [-0.3, -0.25) is 0 Å². The zero-order chi connectivity index (χ0) is 37.0. The lowest BCUT2D eigenvalue weighted by molar-refractivity contribution is 0.669. The molecule has 5 nitrogen and oxygen atoms in total. The molecule has 11 aromatic rings. The lowest BCUT2D eigenvalue weighted by Gasteiger charge is -2.10. The summed E-state index contributed by atoms with van der Waals surface area (Å²) in [4.78, 5) is 15.1. The van der Waals surface area contributed by atoms with E-state index in [1.54, 1.807) is 0 Å². The summed E-state index contributed by atoms with van der Waals surface area (Å²) in [6, 6.07) is 67.5. The van der Waals surface area contributed by atoms with Gasteiger partial charge in [-0.05, 0) is 64.7 Å². The molecule has 11 rings (SSSR count). The zero-order valence-corrected chi connectivity index (χ0v) is 30.2. The summed E-state index contributed by atoms with van der Waals surface area (Å²) in [6.45, 7) is 0. The highest BCUT2D eigenvalue weighted by Crippen LogP contribution is 2.40. The second-order valence-corrected chi connectivity index (χ2v) is 14.1. The molecule has 0 unspecified atom stereocenters. The minimum absolute atomic E-state index is 0.605. The van der Waals surface area contributed by atoms with Gasteiger partial charge in [-0.1, -0.05) is 146 Å². The van der Waals surface area contributed by atoms with Crippen LogP contribution in [0.4, 0.5) is 0 Å². The summed E-state index contributed by atoms with van der Waals surface area (Å²) in [5.41, 5.74) is 12.4. The lowest BCUT2D eigenvalue weighted by atomic mass is 10.0. The minimum Gasteiger partial charge on any atom is -0.456 e. The van der Waals surface area contributed by atoms with E-state index >= 15 is 0 Å². The van der Waals surface area contributed by atoms with Crippen molar-refractivity contribution in [1.82, 2.24) is 19.5 Å². The maximum absolute atomic E-state index is 6.60. The summed E-state index contributed by atoms with van der Waals surface area (Å²) in [6.07, 6.45) is 0. The molecule has 0 saturated carbocycles. The van der Waals surface area contributed by atoms with Gasteiger partial charge in [0.2, 0.25) is 0 Å². The maximum atomic E-state index is 6.60. The molecule has 262 valence electrons. The fourth-order valence-corrected chi connectivity index (χ4v) is 7.90. The van der Waals surface area contributed by atoms with E-state index in [-0.39, 0.29) is 0 Å². The first-order valence-corrected chi connectivity index (χ1v) is 18.8. The molecule has 0 radical (unpaired) electrons. The van der Waals surface area contributed by atoms with Crippen molar-refractivity contribution in [3.63, 3.8) is 0 Å². The Kier molecular flexibility index (Phi) is 7.42. The highest BCUT2D eigenvalue weighted by molar-refractivity contribution is 6.17. The van der Waals surface area contributed by atoms with E-state index in [9.17, 15) is 0 Å². The zero-order valence-electron chi connectivity index (χ0n) is 30.2. The fourth-order valence-electron chi connectivity index (χ4n) is 7.90. The Hall–Kier alpha value is -7.63. The van der Waals surface area contributed by atoms with Crippen molar-refractivity contribution in [2.45, 2.75) is 0 Å². The van der Waals surface area contributed by atoms with Crippen LogP contribution >= 0.6 is 0 Å². The van der Waals surface area contributed by atoms with Gasteiger partial charge in [-0.15, -0.1) is 0 Å². The molecular formula is C51H32N4O. The third-order valence-corrected chi connectivity index (χ3v) is 10.7. The van der Waals surface area contributed by atoms with Crippen molar-refractivity contribution in [1.29, 1.82) is 0 Å². The highest BCUT2D eigenvalue weighted by Gasteiger charge is 2.19. The lowest BCUT2D eigenvalue weighted by Crippen LogP contribution is -2.00. The van der Waals surface area contributed by atoms with Crippen molar-refractivity contribution in [2.24, 2.45) is 0 Å².